The van der Waals surface area contributed by atoms with Gasteiger partial charge < -0.3 is 5.32 Å². The van der Waals surface area contributed by atoms with Crippen molar-refractivity contribution in [3.05, 3.63) is 0 Å². The Kier molecular flexibility index (Phi) is 4.55. The van der Waals surface area contributed by atoms with Gasteiger partial charge in [-0.2, -0.15) is 4.31 Å². The molecule has 1 saturated carbocycles. The van der Waals surface area contributed by atoms with Gasteiger partial charge in [0, 0.05) is 25.2 Å². The van der Waals surface area contributed by atoms with E-state index in [9.17, 15) is 8.42 Å². The van der Waals surface area contributed by atoms with Crippen molar-refractivity contribution in [3.8, 4) is 0 Å². The van der Waals surface area contributed by atoms with Crippen LogP contribution in [-0.4, -0.2) is 43.6 Å². The first kappa shape index (κ1) is 12.9. The van der Waals surface area contributed by atoms with Crippen LogP contribution < -0.4 is 5.32 Å². The van der Waals surface area contributed by atoms with Crippen molar-refractivity contribution in [2.45, 2.75) is 45.7 Å². The molecule has 90 valence electrons. The van der Waals surface area contributed by atoms with Crippen LogP contribution >= 0.6 is 0 Å². The van der Waals surface area contributed by atoms with Crippen molar-refractivity contribution in [2.24, 2.45) is 0 Å². The van der Waals surface area contributed by atoms with E-state index in [1.54, 1.807) is 4.31 Å². The lowest BCUT2D eigenvalue weighted by atomic mass is 10.4. The molecular formula is C10H22N2O2S. The fraction of sp³-hybridized carbons (Fsp3) is 1.00. The molecule has 0 unspecified atom stereocenters. The summed E-state index contributed by atoms with van der Waals surface area (Å²) in [7, 11) is -3.07. The summed E-state index contributed by atoms with van der Waals surface area (Å²) >= 11 is 0. The van der Waals surface area contributed by atoms with Crippen LogP contribution in [0.2, 0.25) is 0 Å². The molecule has 0 aromatic rings. The molecule has 0 aromatic carbocycles. The Hall–Kier alpha value is -0.130. The minimum Gasteiger partial charge on any atom is -0.313 e. The summed E-state index contributed by atoms with van der Waals surface area (Å²) in [6.07, 6.45) is 2.39. The number of hydrogen-bond donors (Lipinski definition) is 1. The summed E-state index contributed by atoms with van der Waals surface area (Å²) in [5.41, 5.74) is 0. The van der Waals surface area contributed by atoms with Gasteiger partial charge in [-0.15, -0.1) is 0 Å². The van der Waals surface area contributed by atoms with Crippen LogP contribution in [0.3, 0.4) is 0 Å². The van der Waals surface area contributed by atoms with Crippen molar-refractivity contribution >= 4 is 10.0 Å². The number of nitrogens with one attached hydrogen (secondary N) is 1. The molecule has 0 atom stereocenters. The molecule has 0 heterocycles. The summed E-state index contributed by atoms with van der Waals surface area (Å²) in [5, 5.41) is 3.22. The van der Waals surface area contributed by atoms with Crippen LogP contribution in [0, 0.1) is 0 Å². The Morgan fingerprint density at radius 2 is 2.00 bits per heavy atom. The summed E-state index contributed by atoms with van der Waals surface area (Å²) in [6.45, 7) is 6.84. The van der Waals surface area contributed by atoms with Crippen LogP contribution in [0.25, 0.3) is 0 Å². The van der Waals surface area contributed by atoms with Crippen LogP contribution in [0.1, 0.15) is 33.6 Å². The molecule has 1 N–H and O–H groups in total. The van der Waals surface area contributed by atoms with E-state index in [2.05, 4.69) is 5.32 Å². The second-order valence-electron chi connectivity index (χ2n) is 4.34. The number of nitrogens with zero attached hydrogens (tertiary/aromatic N) is 1. The lowest BCUT2D eigenvalue weighted by Gasteiger charge is -2.24. The highest BCUT2D eigenvalue weighted by molar-refractivity contribution is 7.89. The standard InChI is InChI=1S/C10H22N2O2S/c1-4-12(9(2)3)15(13,14)8-7-11-10-5-6-10/h9-11H,4-8H2,1-3H3. The minimum absolute atomic E-state index is 0.0564. The first-order chi connectivity index (χ1) is 6.97. The average molecular weight is 234 g/mol. The molecule has 5 heteroatoms. The average Bonchev–Trinajstić information content (AvgIpc) is 2.87. The summed E-state index contributed by atoms with van der Waals surface area (Å²) in [4.78, 5) is 0. The summed E-state index contributed by atoms with van der Waals surface area (Å²) < 4.78 is 25.3. The molecule has 1 aliphatic rings. The fourth-order valence-corrected chi connectivity index (χ4v) is 3.33. The molecule has 1 rings (SSSR count). The molecule has 0 amide bonds. The first-order valence-electron chi connectivity index (χ1n) is 5.70. The van der Waals surface area contributed by atoms with Crippen molar-refractivity contribution < 1.29 is 8.42 Å². The highest BCUT2D eigenvalue weighted by Crippen LogP contribution is 2.18. The van der Waals surface area contributed by atoms with E-state index in [1.807, 2.05) is 20.8 Å². The van der Waals surface area contributed by atoms with Gasteiger partial charge in [0.25, 0.3) is 0 Å². The van der Waals surface area contributed by atoms with E-state index in [4.69, 9.17) is 0 Å². The maximum Gasteiger partial charge on any atom is 0.215 e. The number of sulfonamides is 1. The van der Waals surface area contributed by atoms with E-state index < -0.39 is 10.0 Å². The van der Waals surface area contributed by atoms with Crippen LogP contribution in [0.4, 0.5) is 0 Å². The maximum atomic E-state index is 11.9. The molecule has 4 nitrogen and oxygen atoms in total. The van der Waals surface area contributed by atoms with Crippen molar-refractivity contribution in [1.82, 2.24) is 9.62 Å². The van der Waals surface area contributed by atoms with E-state index in [-0.39, 0.29) is 11.8 Å². The Bertz CT molecular complexity index is 284. The van der Waals surface area contributed by atoms with Crippen LogP contribution in [-0.2, 0) is 10.0 Å². The third-order valence-corrected chi connectivity index (χ3v) is 4.73. The van der Waals surface area contributed by atoms with Gasteiger partial charge >= 0.3 is 0 Å². The van der Waals surface area contributed by atoms with Crippen LogP contribution in [0.5, 0.6) is 0 Å². The number of hydrogen-bond acceptors (Lipinski definition) is 3. The van der Waals surface area contributed by atoms with Gasteiger partial charge in [0.05, 0.1) is 5.75 Å². The monoisotopic (exact) mass is 234 g/mol. The molecule has 15 heavy (non-hydrogen) atoms. The summed E-state index contributed by atoms with van der Waals surface area (Å²) in [5.74, 6) is 0.218. The number of rotatable bonds is 7. The normalized spacial score (nSPS) is 17.7. The van der Waals surface area contributed by atoms with E-state index in [0.717, 1.165) is 0 Å². The van der Waals surface area contributed by atoms with Gasteiger partial charge in [0.1, 0.15) is 0 Å². The second-order valence-corrected chi connectivity index (χ2v) is 6.38. The highest BCUT2D eigenvalue weighted by Gasteiger charge is 2.25. The third-order valence-electron chi connectivity index (χ3n) is 2.62. The van der Waals surface area contributed by atoms with Gasteiger partial charge in [-0.3, -0.25) is 0 Å². The zero-order valence-electron chi connectivity index (χ0n) is 9.86. The smallest absolute Gasteiger partial charge is 0.215 e. The lowest BCUT2D eigenvalue weighted by Crippen LogP contribution is -2.40. The van der Waals surface area contributed by atoms with Gasteiger partial charge in [0.2, 0.25) is 10.0 Å². The van der Waals surface area contributed by atoms with Crippen molar-refractivity contribution in [3.63, 3.8) is 0 Å². The predicted molar refractivity (Wildman–Crippen MR) is 62.3 cm³/mol. The van der Waals surface area contributed by atoms with Gasteiger partial charge in [0.15, 0.2) is 0 Å². The Morgan fingerprint density at radius 1 is 1.40 bits per heavy atom. The molecule has 0 aliphatic heterocycles. The van der Waals surface area contributed by atoms with Gasteiger partial charge in [-0.1, -0.05) is 6.92 Å². The molecule has 0 saturated heterocycles. The molecule has 0 bridgehead atoms. The molecule has 0 radical (unpaired) electrons. The summed E-state index contributed by atoms with van der Waals surface area (Å²) in [6, 6.07) is 0.634. The highest BCUT2D eigenvalue weighted by atomic mass is 32.2. The SMILES string of the molecule is CCN(C(C)C)S(=O)(=O)CCNC1CC1. The van der Waals surface area contributed by atoms with Gasteiger partial charge in [-0.25, -0.2) is 8.42 Å². The zero-order chi connectivity index (χ0) is 11.5. The molecule has 0 spiro atoms. The largest absolute Gasteiger partial charge is 0.313 e. The van der Waals surface area contributed by atoms with Crippen LogP contribution in [0.15, 0.2) is 0 Å². The quantitative estimate of drug-likeness (QED) is 0.709. The van der Waals surface area contributed by atoms with E-state index in [1.165, 1.54) is 12.8 Å². The van der Waals surface area contributed by atoms with Crippen molar-refractivity contribution in [2.75, 3.05) is 18.8 Å². The topological polar surface area (TPSA) is 49.4 Å². The minimum atomic E-state index is -3.07. The zero-order valence-corrected chi connectivity index (χ0v) is 10.7. The Labute approximate surface area is 93.1 Å². The molecule has 1 aliphatic carbocycles. The maximum absolute atomic E-state index is 11.9. The van der Waals surface area contributed by atoms with E-state index >= 15 is 0 Å². The first-order valence-corrected chi connectivity index (χ1v) is 7.31. The third kappa shape index (κ3) is 4.09. The lowest BCUT2D eigenvalue weighted by molar-refractivity contribution is 0.368. The fourth-order valence-electron chi connectivity index (χ4n) is 1.68. The molecule has 1 fully saturated rings. The van der Waals surface area contributed by atoms with Crippen molar-refractivity contribution in [1.29, 1.82) is 0 Å². The predicted octanol–water partition coefficient (Wildman–Crippen LogP) is 0.798. The van der Waals surface area contributed by atoms with E-state index in [0.29, 0.717) is 19.1 Å². The molecule has 0 aromatic heterocycles. The Balaban J connectivity index is 2.40. The second kappa shape index (κ2) is 5.27. The molecular weight excluding hydrogens is 212 g/mol. The Morgan fingerprint density at radius 3 is 2.40 bits per heavy atom. The van der Waals surface area contributed by atoms with Gasteiger partial charge in [-0.05, 0) is 26.7 Å².